The molecule has 5 amide bonds. The van der Waals surface area contributed by atoms with E-state index in [1.54, 1.807) is 69.2 Å². The molecule has 1 aliphatic carbocycles. The molecule has 1 saturated carbocycles. The number of halogens is 3. The Morgan fingerprint density at radius 2 is 1.32 bits per heavy atom. The topological polar surface area (TPSA) is 361 Å². The zero-order chi connectivity index (χ0) is 72.0. The number of hydrogen-bond donors (Lipinski definition) is 7. The number of alkyl halides is 3. The SMILES string of the molecule is COCCOCOc1c(C/C=C(\C)CC(C/C(C)=C/COC(=O)N[C@@H]2CC(NC(=O)OC(C)(C)C)[C@@H](O[C@H]3OC(CNC(=O)OC(C)(C)C)CCC3NC(=O)OC(C)(C)C)C(O)C2O[C@H]2OC[C@](C)(O)C(N(C)C(=O)C(F)(F)F)C2O)C(=O)OC)c(OC)c(C)c2c1C(=O)OC2. The Balaban J connectivity index is 1.46. The van der Waals surface area contributed by atoms with Crippen molar-refractivity contribution in [3.05, 3.63) is 45.6 Å². The molecule has 1 aromatic rings. The van der Waals surface area contributed by atoms with Gasteiger partial charge >= 0.3 is 48.4 Å². The van der Waals surface area contributed by atoms with Gasteiger partial charge in [-0.25, -0.2) is 24.0 Å². The summed E-state index contributed by atoms with van der Waals surface area (Å²) in [7, 11) is 4.96. The summed E-state index contributed by atoms with van der Waals surface area (Å²) in [5.74, 6) is -3.62. The molecule has 3 aliphatic heterocycles. The summed E-state index contributed by atoms with van der Waals surface area (Å²) in [6.07, 6.45) is -18.1. The van der Waals surface area contributed by atoms with Gasteiger partial charge in [-0.15, -0.1) is 0 Å². The van der Waals surface area contributed by atoms with Crippen LogP contribution in [0.2, 0.25) is 0 Å². The lowest BCUT2D eigenvalue weighted by Crippen LogP contribution is -2.71. The summed E-state index contributed by atoms with van der Waals surface area (Å²) in [5.41, 5.74) is -1.88. The number of nitrogens with zero attached hydrogens (tertiary/aromatic N) is 1. The summed E-state index contributed by atoms with van der Waals surface area (Å²) >= 11 is 0. The summed E-state index contributed by atoms with van der Waals surface area (Å²) in [4.78, 5) is 93.2. The van der Waals surface area contributed by atoms with Crippen molar-refractivity contribution in [2.75, 3.05) is 68.1 Å². The van der Waals surface area contributed by atoms with Crippen molar-refractivity contribution in [1.82, 2.24) is 26.2 Å². The Morgan fingerprint density at radius 3 is 1.89 bits per heavy atom. The van der Waals surface area contributed by atoms with Crippen LogP contribution in [0, 0.1) is 12.8 Å². The lowest BCUT2D eigenvalue weighted by atomic mass is 9.83. The molecule has 4 aliphatic rings. The predicted octanol–water partition coefficient (Wildman–Crippen LogP) is 5.98. The molecule has 2 saturated heterocycles. The number of aliphatic hydroxyl groups excluding tert-OH is 2. The average molecular weight is 1380 g/mol. The summed E-state index contributed by atoms with van der Waals surface area (Å²) in [6, 6.07) is -6.08. The third-order valence-electron chi connectivity index (χ3n) is 15.7. The van der Waals surface area contributed by atoms with Gasteiger partial charge in [-0.1, -0.05) is 17.2 Å². The van der Waals surface area contributed by atoms with Gasteiger partial charge in [0.25, 0.3) is 0 Å². The van der Waals surface area contributed by atoms with Gasteiger partial charge in [0, 0.05) is 31.8 Å². The number of aliphatic hydroxyl groups is 3. The number of methoxy groups -OCH3 is 3. The zero-order valence-corrected chi connectivity index (χ0v) is 57.8. The third-order valence-corrected chi connectivity index (χ3v) is 15.7. The normalized spacial score (nSPS) is 26.0. The van der Waals surface area contributed by atoms with E-state index in [1.165, 1.54) is 27.4 Å². The third kappa shape index (κ3) is 23.2. The second-order valence-corrected chi connectivity index (χ2v) is 27.2. The molecular weight excluding hydrogens is 1280 g/mol. The highest BCUT2D eigenvalue weighted by molar-refractivity contribution is 5.98. The second-order valence-electron chi connectivity index (χ2n) is 27.2. The highest BCUT2D eigenvalue weighted by Crippen LogP contribution is 2.44. The minimum Gasteiger partial charge on any atom is -0.496 e. The smallest absolute Gasteiger partial charge is 0.471 e. The molecule has 96 heavy (non-hydrogen) atoms. The highest BCUT2D eigenvalue weighted by Gasteiger charge is 2.57. The number of allylic oxidation sites excluding steroid dienone is 3. The fraction of sp³-hybridized carbons (Fsp3) is 0.734. The molecule has 0 aromatic heterocycles. The Morgan fingerprint density at radius 1 is 0.760 bits per heavy atom. The fourth-order valence-corrected chi connectivity index (χ4v) is 11.4. The van der Waals surface area contributed by atoms with Gasteiger partial charge < -0.3 is 108 Å². The summed E-state index contributed by atoms with van der Waals surface area (Å²) < 4.78 is 122. The van der Waals surface area contributed by atoms with E-state index < -0.39 is 164 Å². The van der Waals surface area contributed by atoms with Gasteiger partial charge in [-0.3, -0.25) is 9.59 Å². The van der Waals surface area contributed by atoms with Gasteiger partial charge in [0.05, 0.1) is 70.2 Å². The van der Waals surface area contributed by atoms with Crippen molar-refractivity contribution in [3.8, 4) is 11.5 Å². The van der Waals surface area contributed by atoms with Gasteiger partial charge in [-0.05, 0) is 140 Å². The number of benzene rings is 1. The number of cyclic esters (lactones) is 1. The minimum atomic E-state index is -5.47. The number of fused-ring (bicyclic) bond motifs is 1. The Kier molecular flexibility index (Phi) is 28.4. The summed E-state index contributed by atoms with van der Waals surface area (Å²) in [6.45, 7) is 19.9. The predicted molar refractivity (Wildman–Crippen MR) is 332 cm³/mol. The number of nitrogens with one attached hydrogen (secondary N) is 4. The van der Waals surface area contributed by atoms with Crippen molar-refractivity contribution in [2.24, 2.45) is 5.92 Å². The van der Waals surface area contributed by atoms with E-state index in [4.69, 9.17) is 66.3 Å². The molecular formula is C64H98F3N5O24. The zero-order valence-electron chi connectivity index (χ0n) is 57.8. The molecule has 7 N–H and O–H groups in total. The lowest BCUT2D eigenvalue weighted by molar-refractivity contribution is -0.316. The molecule has 8 unspecified atom stereocenters. The number of hydrogen-bond acceptors (Lipinski definition) is 24. The quantitative estimate of drug-likeness (QED) is 0.0184. The van der Waals surface area contributed by atoms with Gasteiger partial charge in [0.1, 0.15) is 77.1 Å². The van der Waals surface area contributed by atoms with E-state index >= 15 is 0 Å². The maximum absolute atomic E-state index is 14.1. The molecule has 13 atom stereocenters. The fourth-order valence-electron chi connectivity index (χ4n) is 11.4. The number of rotatable bonds is 26. The Bertz CT molecular complexity index is 2920. The molecule has 0 spiro atoms. The van der Waals surface area contributed by atoms with Crippen molar-refractivity contribution >= 4 is 42.2 Å². The van der Waals surface area contributed by atoms with Crippen LogP contribution in [0.1, 0.15) is 142 Å². The van der Waals surface area contributed by atoms with E-state index in [0.29, 0.717) is 41.7 Å². The second kappa shape index (κ2) is 34.1. The first-order valence-corrected chi connectivity index (χ1v) is 31.5. The maximum atomic E-state index is 14.1. The van der Waals surface area contributed by atoms with Crippen LogP contribution in [-0.4, -0.2) is 226 Å². The first kappa shape index (κ1) is 79.9. The van der Waals surface area contributed by atoms with Gasteiger partial charge in [0.15, 0.2) is 19.4 Å². The number of amides is 5. The molecule has 32 heteroatoms. The van der Waals surface area contributed by atoms with Gasteiger partial charge in [-0.2, -0.15) is 13.2 Å². The van der Waals surface area contributed by atoms with Crippen molar-refractivity contribution in [3.63, 3.8) is 0 Å². The van der Waals surface area contributed by atoms with E-state index in [-0.39, 0.29) is 74.9 Å². The van der Waals surface area contributed by atoms with Crippen LogP contribution >= 0.6 is 0 Å². The van der Waals surface area contributed by atoms with Gasteiger partial charge in [0.2, 0.25) is 0 Å². The number of likely N-dealkylation sites (N-methyl/N-ethyl adjacent to an activating group) is 1. The van der Waals surface area contributed by atoms with E-state index in [1.807, 2.05) is 19.9 Å². The van der Waals surface area contributed by atoms with E-state index in [2.05, 4.69) is 21.3 Å². The van der Waals surface area contributed by atoms with Crippen LogP contribution in [-0.2, 0) is 79.5 Å². The maximum Gasteiger partial charge on any atom is 0.471 e. The molecule has 5 rings (SSSR count). The summed E-state index contributed by atoms with van der Waals surface area (Å²) in [5, 5.41) is 46.5. The molecule has 3 heterocycles. The Labute approximate surface area is 557 Å². The molecule has 0 bridgehead atoms. The lowest BCUT2D eigenvalue weighted by Gasteiger charge is -2.50. The Hall–Kier alpha value is -6.78. The van der Waals surface area contributed by atoms with Crippen LogP contribution in [0.15, 0.2) is 23.3 Å². The molecule has 1 aromatic carbocycles. The molecule has 544 valence electrons. The van der Waals surface area contributed by atoms with Crippen LogP contribution in [0.5, 0.6) is 11.5 Å². The van der Waals surface area contributed by atoms with Crippen molar-refractivity contribution in [2.45, 2.75) is 231 Å². The number of ether oxygens (including phenoxy) is 14. The van der Waals surface area contributed by atoms with Crippen LogP contribution in [0.3, 0.4) is 0 Å². The average Bonchev–Trinajstić information content (AvgIpc) is 1.35. The van der Waals surface area contributed by atoms with Crippen molar-refractivity contribution < 1.29 is 128 Å². The number of carbonyl (C=O) groups excluding carboxylic acids is 7. The number of esters is 2. The van der Waals surface area contributed by atoms with E-state index in [9.17, 15) is 62.1 Å². The number of alkyl carbamates (subject to hydrolysis) is 4. The minimum absolute atomic E-state index is 0.0291. The first-order chi connectivity index (χ1) is 44.6. The molecule has 29 nitrogen and oxygen atoms in total. The largest absolute Gasteiger partial charge is 0.496 e. The standard InChI is InChI=1S/C64H98F3N5O24/c1-33(18-20-38-46(84-16)35(3)39-30-88-52(76)43(39)47(38)90-32-86-25-24-83-15)26-36(51(75)85-17)27-34(2)22-23-87-57(79)70-41-28-42(71-59(81)96-62(10,11)12)48(44(73)49(41)93-54-45(74)50(63(13,82)31-89-54)72(14)55(77)64(65,66)67)92-53-40(69-58(80)95-61(7,8)9)21-19-37(91-53)29-68-56(78)94-60(4,5)6/h18,22,36-37,40-42,44-45,48-50,53-54,73-74,82H,19-21,23-32H2,1-17H3,(H,68,78)(H,69,80)(H,70,79)(H,71,81)/b33-18+,34-22+/t36?,37?,40?,41-,42?,44?,45?,48-,49?,50?,53-,54-,63+/m1/s1. The molecule has 0 radical (unpaired) electrons. The van der Waals surface area contributed by atoms with Crippen LogP contribution in [0.25, 0.3) is 0 Å². The van der Waals surface area contributed by atoms with E-state index in [0.717, 1.165) is 12.5 Å². The first-order valence-electron chi connectivity index (χ1n) is 31.5. The molecule has 3 fully saturated rings. The van der Waals surface area contributed by atoms with Crippen LogP contribution in [0.4, 0.5) is 32.3 Å². The van der Waals surface area contributed by atoms with Crippen LogP contribution < -0.4 is 30.7 Å². The highest BCUT2D eigenvalue weighted by atomic mass is 19.4. The van der Waals surface area contributed by atoms with Crippen molar-refractivity contribution in [1.29, 1.82) is 0 Å². The monoisotopic (exact) mass is 1380 g/mol. The number of carbonyl (C=O) groups is 7.